The number of alkyl carbamates (subject to hydrolysis) is 1. The number of ether oxygens (including phenoxy) is 1. The van der Waals surface area contributed by atoms with Crippen molar-refractivity contribution in [3.8, 4) is 22.8 Å². The van der Waals surface area contributed by atoms with Gasteiger partial charge in [0.15, 0.2) is 9.84 Å². The monoisotopic (exact) mass is 744 g/mol. The lowest BCUT2D eigenvalue weighted by molar-refractivity contribution is -0.159. The van der Waals surface area contributed by atoms with Gasteiger partial charge in [-0.3, -0.25) is 4.79 Å². The van der Waals surface area contributed by atoms with Crippen LogP contribution >= 0.6 is 0 Å². The summed E-state index contributed by atoms with van der Waals surface area (Å²) < 4.78 is 124. The first-order valence-electron chi connectivity index (χ1n) is 14.9. The summed E-state index contributed by atoms with van der Waals surface area (Å²) >= 11 is 0. The minimum absolute atomic E-state index is 0.0881. The molecule has 51 heavy (non-hydrogen) atoms. The van der Waals surface area contributed by atoms with Crippen LogP contribution in [0.1, 0.15) is 63.9 Å². The first kappa shape index (κ1) is 37.3. The number of hydrogen-bond donors (Lipinski definition) is 1. The molecule has 0 spiro atoms. The molecule has 20 heteroatoms. The van der Waals surface area contributed by atoms with E-state index in [0.29, 0.717) is 6.07 Å². The summed E-state index contributed by atoms with van der Waals surface area (Å²) in [6.07, 6.45) is -6.44. The Balaban J connectivity index is 1.59. The number of halogens is 6. The fourth-order valence-electron chi connectivity index (χ4n) is 4.86. The van der Waals surface area contributed by atoms with Gasteiger partial charge in [-0.25, -0.2) is 26.4 Å². The van der Waals surface area contributed by atoms with Crippen molar-refractivity contribution in [2.75, 3.05) is 11.2 Å². The maximum absolute atomic E-state index is 16.0. The normalized spacial score (nSPS) is 16.8. The van der Waals surface area contributed by atoms with E-state index in [0.717, 1.165) is 17.2 Å². The smallest absolute Gasteiger partial charge is 0.444 e. The van der Waals surface area contributed by atoms with E-state index in [1.807, 2.05) is 0 Å². The largest absolute Gasteiger partial charge is 0.471 e. The highest BCUT2D eigenvalue weighted by atomic mass is 32.2. The Kier molecular flexibility index (Phi) is 9.23. The van der Waals surface area contributed by atoms with Crippen molar-refractivity contribution in [2.45, 2.75) is 76.1 Å². The molecule has 0 saturated carbocycles. The first-order chi connectivity index (χ1) is 23.4. The van der Waals surface area contributed by atoms with Crippen molar-refractivity contribution < 1.29 is 58.0 Å². The number of sulfone groups is 1. The standard InChI is InChI=1S/C31H30F6N6O7S/c1-28(2,3)49-27(45)38-20-13-30(33,34)18-12-19(32)17(23-40-41-25(48-23)29(4,5)51(6,46)47)11-21(18)43(24(20)44)14-15-7-9-16(10-8-15)22-39-26(50-42-22)31(35,36)37/h7-12,20H,13-14H2,1-6H3,(H,38,45)/t20-/m1/s1. The van der Waals surface area contributed by atoms with Gasteiger partial charge in [0.25, 0.3) is 11.8 Å². The molecule has 0 radical (unpaired) electrons. The van der Waals surface area contributed by atoms with Crippen molar-refractivity contribution in [3.05, 3.63) is 65.1 Å². The summed E-state index contributed by atoms with van der Waals surface area (Å²) in [5.74, 6) is -9.21. The Morgan fingerprint density at radius 1 is 1.06 bits per heavy atom. The lowest BCUT2D eigenvalue weighted by Gasteiger charge is -2.27. The van der Waals surface area contributed by atoms with Crippen LogP contribution in [0.15, 0.2) is 45.3 Å². The minimum atomic E-state index is -4.89. The van der Waals surface area contributed by atoms with Crippen LogP contribution in [-0.2, 0) is 42.8 Å². The molecule has 3 heterocycles. The number of amides is 2. The van der Waals surface area contributed by atoms with E-state index < -0.39 is 109 Å². The third-order valence-corrected chi connectivity index (χ3v) is 9.83. The molecule has 5 rings (SSSR count). The summed E-state index contributed by atoms with van der Waals surface area (Å²) in [6.45, 7) is 6.62. The zero-order valence-electron chi connectivity index (χ0n) is 27.7. The Morgan fingerprint density at radius 3 is 2.27 bits per heavy atom. The van der Waals surface area contributed by atoms with Gasteiger partial charge in [-0.15, -0.1) is 10.2 Å². The van der Waals surface area contributed by atoms with Gasteiger partial charge in [-0.1, -0.05) is 29.4 Å². The molecule has 13 nitrogen and oxygen atoms in total. The van der Waals surface area contributed by atoms with Crippen LogP contribution in [0.25, 0.3) is 22.8 Å². The molecule has 0 saturated heterocycles. The Hall–Kier alpha value is -5.01. The number of nitrogens with one attached hydrogen (secondary N) is 1. The number of carbonyl (C=O) groups excluding carboxylic acids is 2. The number of nitrogens with zero attached hydrogens (tertiary/aromatic N) is 5. The number of rotatable bonds is 7. The second-order valence-electron chi connectivity index (χ2n) is 13.2. The van der Waals surface area contributed by atoms with Crippen LogP contribution in [0.5, 0.6) is 0 Å². The van der Waals surface area contributed by atoms with Crippen LogP contribution in [0.4, 0.5) is 36.8 Å². The third-order valence-electron chi connectivity index (χ3n) is 7.80. The highest BCUT2D eigenvalue weighted by Crippen LogP contribution is 2.45. The highest BCUT2D eigenvalue weighted by molar-refractivity contribution is 7.91. The van der Waals surface area contributed by atoms with E-state index in [2.05, 4.69) is 30.2 Å². The molecule has 1 N–H and O–H groups in total. The number of anilines is 1. The van der Waals surface area contributed by atoms with Gasteiger partial charge >= 0.3 is 18.2 Å². The molecule has 2 amide bonds. The summed E-state index contributed by atoms with van der Waals surface area (Å²) in [6, 6.07) is 4.76. The zero-order valence-corrected chi connectivity index (χ0v) is 28.5. The van der Waals surface area contributed by atoms with E-state index in [-0.39, 0.29) is 11.1 Å². The zero-order chi connectivity index (χ0) is 37.9. The fourth-order valence-corrected chi connectivity index (χ4v) is 5.26. The highest BCUT2D eigenvalue weighted by Gasteiger charge is 2.47. The number of hydrogen-bond acceptors (Lipinski definition) is 11. The topological polar surface area (TPSA) is 171 Å². The van der Waals surface area contributed by atoms with Gasteiger partial charge in [-0.2, -0.15) is 18.2 Å². The second kappa shape index (κ2) is 12.6. The summed E-state index contributed by atoms with van der Waals surface area (Å²) in [5.41, 5.74) is -2.72. The maximum Gasteiger partial charge on any atom is 0.471 e. The van der Waals surface area contributed by atoms with Crippen molar-refractivity contribution in [1.82, 2.24) is 25.7 Å². The number of aromatic nitrogens is 4. The van der Waals surface area contributed by atoms with Crippen molar-refractivity contribution in [3.63, 3.8) is 0 Å². The van der Waals surface area contributed by atoms with Gasteiger partial charge in [0.2, 0.25) is 17.6 Å². The van der Waals surface area contributed by atoms with Crippen LogP contribution in [-0.4, -0.2) is 58.7 Å². The molecular formula is C31H30F6N6O7S. The molecule has 2 aromatic heterocycles. The predicted octanol–water partition coefficient (Wildman–Crippen LogP) is 6.15. The van der Waals surface area contributed by atoms with Crippen LogP contribution in [0.2, 0.25) is 0 Å². The summed E-state index contributed by atoms with van der Waals surface area (Å²) in [4.78, 5) is 30.9. The van der Waals surface area contributed by atoms with Crippen molar-refractivity contribution in [1.29, 1.82) is 0 Å². The molecular weight excluding hydrogens is 714 g/mol. The minimum Gasteiger partial charge on any atom is -0.444 e. The molecule has 0 aliphatic carbocycles. The molecule has 1 aliphatic rings. The molecule has 1 atom stereocenters. The fraction of sp³-hybridized carbons (Fsp3) is 0.419. The van der Waals surface area contributed by atoms with E-state index in [1.54, 1.807) is 0 Å². The van der Waals surface area contributed by atoms with Gasteiger partial charge in [-0.05, 0) is 52.3 Å². The van der Waals surface area contributed by atoms with Gasteiger partial charge in [0.1, 0.15) is 22.2 Å². The summed E-state index contributed by atoms with van der Waals surface area (Å²) in [7, 11) is -3.82. The number of benzene rings is 2. The number of fused-ring (bicyclic) bond motifs is 1. The van der Waals surface area contributed by atoms with Crippen LogP contribution in [0.3, 0.4) is 0 Å². The first-order valence-corrected chi connectivity index (χ1v) is 16.8. The van der Waals surface area contributed by atoms with Crippen LogP contribution < -0.4 is 10.2 Å². The maximum atomic E-state index is 16.0. The Bertz CT molecular complexity index is 2090. The molecule has 0 unspecified atom stereocenters. The third kappa shape index (κ3) is 7.69. The lowest BCUT2D eigenvalue weighted by Crippen LogP contribution is -2.49. The molecule has 0 bridgehead atoms. The average Bonchev–Trinajstić information content (AvgIpc) is 3.68. The number of alkyl halides is 5. The Labute approximate surface area is 286 Å². The SMILES string of the molecule is CC(C)(C)OC(=O)N[C@@H]1CC(F)(F)c2cc(F)c(-c3nnc(C(C)(C)S(C)(=O)=O)o3)cc2N(Cc2ccc(-c3noc(C(F)(F)F)n3)cc2)C1=O. The quantitative estimate of drug-likeness (QED) is 0.216. The van der Waals surface area contributed by atoms with Crippen molar-refractivity contribution >= 4 is 27.5 Å². The van der Waals surface area contributed by atoms with E-state index >= 15 is 13.2 Å². The Morgan fingerprint density at radius 2 is 1.71 bits per heavy atom. The molecule has 4 aromatic rings. The van der Waals surface area contributed by atoms with E-state index in [9.17, 15) is 31.2 Å². The predicted molar refractivity (Wildman–Crippen MR) is 165 cm³/mol. The van der Waals surface area contributed by atoms with Gasteiger partial charge in [0.05, 0.1) is 17.8 Å². The molecule has 0 fully saturated rings. The van der Waals surface area contributed by atoms with E-state index in [4.69, 9.17) is 9.15 Å². The molecule has 2 aromatic carbocycles. The van der Waals surface area contributed by atoms with Crippen LogP contribution in [0, 0.1) is 5.82 Å². The van der Waals surface area contributed by atoms with Gasteiger partial charge < -0.3 is 23.9 Å². The summed E-state index contributed by atoms with van der Waals surface area (Å²) in [5, 5.41) is 12.9. The van der Waals surface area contributed by atoms with Crippen molar-refractivity contribution in [2.24, 2.45) is 0 Å². The second-order valence-corrected chi connectivity index (χ2v) is 15.8. The lowest BCUT2D eigenvalue weighted by atomic mass is 9.99. The molecule has 274 valence electrons. The number of carbonyl (C=O) groups is 2. The van der Waals surface area contributed by atoms with E-state index in [1.165, 1.54) is 58.9 Å². The van der Waals surface area contributed by atoms with Gasteiger partial charge in [0, 0.05) is 23.8 Å². The molecule has 1 aliphatic heterocycles. The average molecular weight is 745 g/mol.